The van der Waals surface area contributed by atoms with E-state index < -0.39 is 0 Å². The lowest BCUT2D eigenvalue weighted by molar-refractivity contribution is 0.101. The van der Waals surface area contributed by atoms with Crippen LogP contribution >= 0.6 is 22.7 Å². The Kier molecular flexibility index (Phi) is 2.95. The molecular weight excluding hydrogens is 318 g/mol. The first-order valence-electron chi connectivity index (χ1n) is 6.58. The highest BCUT2D eigenvalue weighted by Gasteiger charge is 2.15. The van der Waals surface area contributed by atoms with Gasteiger partial charge in [0.1, 0.15) is 11.2 Å². The summed E-state index contributed by atoms with van der Waals surface area (Å²) in [5.74, 6) is -0.218. The number of rotatable bonds is 2. The van der Waals surface area contributed by atoms with Crippen LogP contribution in [-0.2, 0) is 7.05 Å². The van der Waals surface area contributed by atoms with Crippen molar-refractivity contribution in [1.82, 2.24) is 19.7 Å². The van der Waals surface area contributed by atoms with E-state index in [9.17, 15) is 4.79 Å². The number of hydrogen-bond donors (Lipinski definition) is 1. The molecule has 3 aromatic heterocycles. The molecule has 3 heterocycles. The molecule has 0 aliphatic heterocycles. The third-order valence-electron chi connectivity index (χ3n) is 3.30. The fourth-order valence-corrected chi connectivity index (χ4v) is 4.15. The number of fused-ring (bicyclic) bond motifs is 3. The molecule has 0 aliphatic carbocycles. The van der Waals surface area contributed by atoms with Crippen molar-refractivity contribution in [3.63, 3.8) is 0 Å². The summed E-state index contributed by atoms with van der Waals surface area (Å²) in [7, 11) is 1.73. The van der Waals surface area contributed by atoms with Gasteiger partial charge in [-0.1, -0.05) is 11.3 Å². The highest BCUT2D eigenvalue weighted by Crippen LogP contribution is 2.34. The Morgan fingerprint density at radius 2 is 2.09 bits per heavy atom. The molecule has 0 atom stereocenters. The highest BCUT2D eigenvalue weighted by atomic mass is 32.1. The normalized spacial score (nSPS) is 11.4. The Morgan fingerprint density at radius 1 is 1.23 bits per heavy atom. The van der Waals surface area contributed by atoms with E-state index in [2.05, 4.69) is 20.4 Å². The zero-order valence-corrected chi connectivity index (χ0v) is 13.5. The Morgan fingerprint density at radius 3 is 2.86 bits per heavy atom. The molecule has 0 fully saturated rings. The lowest BCUT2D eigenvalue weighted by Gasteiger charge is -2.00. The van der Waals surface area contributed by atoms with Gasteiger partial charge in [-0.25, -0.2) is 9.97 Å². The van der Waals surface area contributed by atoms with Gasteiger partial charge in [0.05, 0.1) is 19.9 Å². The Labute approximate surface area is 133 Å². The number of amides is 1. The number of thiazole rings is 2. The van der Waals surface area contributed by atoms with Crippen LogP contribution in [0.3, 0.4) is 0 Å². The number of aryl methyl sites for hydroxylation is 2. The number of nitrogens with zero attached hydrogens (tertiary/aromatic N) is 4. The summed E-state index contributed by atoms with van der Waals surface area (Å²) < 4.78 is 3.67. The summed E-state index contributed by atoms with van der Waals surface area (Å²) in [6.45, 7) is 1.99. The lowest BCUT2D eigenvalue weighted by Crippen LogP contribution is -2.15. The zero-order valence-electron chi connectivity index (χ0n) is 11.8. The number of hydrogen-bond acceptors (Lipinski definition) is 6. The smallest absolute Gasteiger partial charge is 0.275 e. The van der Waals surface area contributed by atoms with Crippen LogP contribution in [0.4, 0.5) is 5.13 Å². The number of benzene rings is 1. The minimum Gasteiger partial charge on any atom is -0.296 e. The average molecular weight is 329 g/mol. The van der Waals surface area contributed by atoms with Crippen LogP contribution in [-0.4, -0.2) is 25.7 Å². The molecule has 1 N–H and O–H groups in total. The van der Waals surface area contributed by atoms with E-state index in [0.29, 0.717) is 10.8 Å². The maximum Gasteiger partial charge on any atom is 0.275 e. The molecule has 22 heavy (non-hydrogen) atoms. The van der Waals surface area contributed by atoms with Gasteiger partial charge in [0.2, 0.25) is 0 Å². The van der Waals surface area contributed by atoms with Crippen LogP contribution in [0.1, 0.15) is 15.5 Å². The molecule has 0 aliphatic rings. The van der Waals surface area contributed by atoms with Gasteiger partial charge in [-0.2, -0.15) is 5.10 Å². The first-order chi connectivity index (χ1) is 10.6. The van der Waals surface area contributed by atoms with Gasteiger partial charge in [0.25, 0.3) is 5.91 Å². The molecule has 4 rings (SSSR count). The predicted octanol–water partition coefficient (Wildman–Crippen LogP) is 3.20. The first-order valence-corrected chi connectivity index (χ1v) is 8.21. The van der Waals surface area contributed by atoms with E-state index in [1.807, 2.05) is 19.1 Å². The number of carbonyl (C=O) groups excluding carboxylic acids is 1. The van der Waals surface area contributed by atoms with Crippen LogP contribution < -0.4 is 5.32 Å². The molecule has 0 unspecified atom stereocenters. The van der Waals surface area contributed by atoms with Gasteiger partial charge in [0, 0.05) is 13.2 Å². The Bertz CT molecular complexity index is 1010. The largest absolute Gasteiger partial charge is 0.296 e. The summed E-state index contributed by atoms with van der Waals surface area (Å²) in [6.07, 6.45) is 1.59. The topological polar surface area (TPSA) is 72.7 Å². The molecule has 0 bridgehead atoms. The Hall–Kier alpha value is -2.32. The van der Waals surface area contributed by atoms with Crippen molar-refractivity contribution in [2.45, 2.75) is 6.92 Å². The molecule has 0 saturated heterocycles. The molecule has 1 aromatic carbocycles. The quantitative estimate of drug-likeness (QED) is 0.613. The van der Waals surface area contributed by atoms with Gasteiger partial charge in [-0.3, -0.25) is 14.8 Å². The number of nitrogens with one attached hydrogen (secondary N) is 1. The first kappa shape index (κ1) is 13.4. The summed E-state index contributed by atoms with van der Waals surface area (Å²) in [4.78, 5) is 21.3. The predicted molar refractivity (Wildman–Crippen MR) is 88.7 cm³/mol. The summed E-state index contributed by atoms with van der Waals surface area (Å²) >= 11 is 3.10. The van der Waals surface area contributed by atoms with Crippen molar-refractivity contribution in [2.75, 3.05) is 5.32 Å². The SMILES string of the molecule is Cc1nc2c(ccc3nc(NC(=O)c4ccnn4C)sc32)s1. The number of anilines is 1. The van der Waals surface area contributed by atoms with Crippen LogP contribution in [0.25, 0.3) is 20.4 Å². The van der Waals surface area contributed by atoms with E-state index in [1.54, 1.807) is 30.6 Å². The van der Waals surface area contributed by atoms with Crippen molar-refractivity contribution in [3.05, 3.63) is 35.1 Å². The standard InChI is InChI=1S/C14H11N5OS2/c1-7-16-11-10(21-7)4-3-8-12(11)22-14(17-8)18-13(20)9-5-6-15-19(9)2/h3-6H,1-2H3,(H,17,18,20). The van der Waals surface area contributed by atoms with Crippen LogP contribution in [0.15, 0.2) is 24.4 Å². The van der Waals surface area contributed by atoms with Crippen molar-refractivity contribution in [1.29, 1.82) is 0 Å². The monoisotopic (exact) mass is 329 g/mol. The fraction of sp³-hybridized carbons (Fsp3) is 0.143. The molecular formula is C14H11N5OS2. The van der Waals surface area contributed by atoms with E-state index >= 15 is 0 Å². The van der Waals surface area contributed by atoms with E-state index in [1.165, 1.54) is 16.0 Å². The van der Waals surface area contributed by atoms with Gasteiger partial charge in [-0.15, -0.1) is 11.3 Å². The summed E-state index contributed by atoms with van der Waals surface area (Å²) in [5, 5.41) is 8.42. The molecule has 0 spiro atoms. The van der Waals surface area contributed by atoms with Gasteiger partial charge >= 0.3 is 0 Å². The van der Waals surface area contributed by atoms with Crippen LogP contribution in [0.2, 0.25) is 0 Å². The van der Waals surface area contributed by atoms with Crippen molar-refractivity contribution in [3.8, 4) is 0 Å². The Balaban J connectivity index is 1.75. The lowest BCUT2D eigenvalue weighted by atomic mass is 10.3. The van der Waals surface area contributed by atoms with E-state index in [4.69, 9.17) is 0 Å². The van der Waals surface area contributed by atoms with Crippen molar-refractivity contribution in [2.24, 2.45) is 7.05 Å². The van der Waals surface area contributed by atoms with Crippen LogP contribution in [0.5, 0.6) is 0 Å². The zero-order chi connectivity index (χ0) is 15.3. The third kappa shape index (κ3) is 2.08. The van der Waals surface area contributed by atoms with Gasteiger partial charge in [0.15, 0.2) is 5.13 Å². The molecule has 1 amide bonds. The molecule has 8 heteroatoms. The molecule has 6 nitrogen and oxygen atoms in total. The number of carbonyl (C=O) groups is 1. The van der Waals surface area contributed by atoms with Gasteiger partial charge < -0.3 is 0 Å². The van der Waals surface area contributed by atoms with Gasteiger partial charge in [-0.05, 0) is 25.1 Å². The third-order valence-corrected chi connectivity index (χ3v) is 5.22. The second-order valence-electron chi connectivity index (χ2n) is 4.81. The highest BCUT2D eigenvalue weighted by molar-refractivity contribution is 7.24. The molecule has 0 radical (unpaired) electrons. The van der Waals surface area contributed by atoms with E-state index in [-0.39, 0.29) is 5.91 Å². The minimum atomic E-state index is -0.218. The molecule has 0 saturated carbocycles. The minimum absolute atomic E-state index is 0.218. The molecule has 4 aromatic rings. The summed E-state index contributed by atoms with van der Waals surface area (Å²) in [6, 6.07) is 5.66. The van der Waals surface area contributed by atoms with Crippen LogP contribution in [0, 0.1) is 6.92 Å². The molecule has 110 valence electrons. The average Bonchev–Trinajstić information content (AvgIpc) is 3.14. The fourth-order valence-electron chi connectivity index (χ4n) is 2.30. The second-order valence-corrected chi connectivity index (χ2v) is 7.04. The number of aromatic nitrogens is 4. The van der Waals surface area contributed by atoms with E-state index in [0.717, 1.165) is 25.4 Å². The second kappa shape index (κ2) is 4.85. The summed E-state index contributed by atoms with van der Waals surface area (Å²) in [5.41, 5.74) is 2.30. The maximum atomic E-state index is 12.2. The van der Waals surface area contributed by atoms with Crippen molar-refractivity contribution >= 4 is 54.1 Å². The maximum absolute atomic E-state index is 12.2. The van der Waals surface area contributed by atoms with Crippen molar-refractivity contribution < 1.29 is 4.79 Å².